The largest absolute Gasteiger partial charge is 0.370 e. The van der Waals surface area contributed by atoms with E-state index in [1.807, 2.05) is 20.2 Å². The molecule has 1 saturated heterocycles. The molecule has 0 bridgehead atoms. The number of nitrogens with zero attached hydrogens (tertiary/aromatic N) is 2. The van der Waals surface area contributed by atoms with E-state index in [0.717, 1.165) is 23.4 Å². The van der Waals surface area contributed by atoms with E-state index < -0.39 is 23.8 Å². The van der Waals surface area contributed by atoms with Crippen LogP contribution in [0.5, 0.6) is 0 Å². The van der Waals surface area contributed by atoms with Crippen LogP contribution in [0, 0.1) is 0 Å². The molecule has 2 heterocycles. The van der Waals surface area contributed by atoms with Gasteiger partial charge >= 0.3 is 0 Å². The Morgan fingerprint density at radius 1 is 1.03 bits per heavy atom. The second-order valence-corrected chi connectivity index (χ2v) is 8.03. The first-order chi connectivity index (χ1) is 13.9. The van der Waals surface area contributed by atoms with Gasteiger partial charge in [-0.2, -0.15) is 0 Å². The minimum atomic E-state index is -0.937. The number of fused-ring (bicyclic) bond motifs is 1. The number of imide groups is 2. The van der Waals surface area contributed by atoms with Crippen molar-refractivity contribution in [3.8, 4) is 0 Å². The molecule has 0 spiro atoms. The molecule has 4 rings (SSSR count). The highest BCUT2D eigenvalue weighted by atomic mass is 16.2. The summed E-state index contributed by atoms with van der Waals surface area (Å²) in [6.07, 6.45) is 4.82. The quantitative estimate of drug-likeness (QED) is 0.736. The summed E-state index contributed by atoms with van der Waals surface area (Å²) in [5.74, 6) is -1.91. The first-order valence-electron chi connectivity index (χ1n) is 10.2. The Morgan fingerprint density at radius 2 is 1.76 bits per heavy atom. The van der Waals surface area contributed by atoms with Crippen molar-refractivity contribution in [2.24, 2.45) is 0 Å². The molecule has 1 saturated carbocycles. The lowest BCUT2D eigenvalue weighted by Gasteiger charge is -2.39. The van der Waals surface area contributed by atoms with Crippen molar-refractivity contribution in [1.29, 1.82) is 0 Å². The average Bonchev–Trinajstić information content (AvgIpc) is 2.97. The summed E-state index contributed by atoms with van der Waals surface area (Å²) < 4.78 is 0. The van der Waals surface area contributed by atoms with Gasteiger partial charge in [-0.15, -0.1) is 0 Å². The van der Waals surface area contributed by atoms with Gasteiger partial charge in [0.25, 0.3) is 11.8 Å². The maximum absolute atomic E-state index is 13.0. The minimum Gasteiger partial charge on any atom is -0.370 e. The molecule has 29 heavy (non-hydrogen) atoms. The second kappa shape index (κ2) is 7.59. The summed E-state index contributed by atoms with van der Waals surface area (Å²) in [5.41, 5.74) is 1.51. The third-order valence-corrected chi connectivity index (χ3v) is 6.43. The van der Waals surface area contributed by atoms with Crippen molar-refractivity contribution in [2.75, 3.05) is 19.0 Å². The number of hydrogen-bond donors (Lipinski definition) is 2. The van der Waals surface area contributed by atoms with Crippen molar-refractivity contribution < 1.29 is 19.2 Å². The highest BCUT2D eigenvalue weighted by molar-refractivity contribution is 6.23. The van der Waals surface area contributed by atoms with Crippen LogP contribution in [0.1, 0.15) is 59.2 Å². The summed E-state index contributed by atoms with van der Waals surface area (Å²) in [5, 5.41) is 5.61. The molecule has 0 aromatic heterocycles. The molecule has 2 aliphatic heterocycles. The first kappa shape index (κ1) is 19.6. The molecular formula is C21H26N4O4. The van der Waals surface area contributed by atoms with Crippen LogP contribution in [0.3, 0.4) is 0 Å². The van der Waals surface area contributed by atoms with Crippen LogP contribution in [0.15, 0.2) is 18.2 Å². The van der Waals surface area contributed by atoms with Gasteiger partial charge in [-0.25, -0.2) is 0 Å². The number of amides is 4. The first-order valence-corrected chi connectivity index (χ1v) is 10.2. The lowest BCUT2D eigenvalue weighted by atomic mass is 9.89. The molecule has 3 aliphatic rings. The van der Waals surface area contributed by atoms with Crippen LogP contribution >= 0.6 is 0 Å². The summed E-state index contributed by atoms with van der Waals surface area (Å²) in [4.78, 5) is 52.6. The fourth-order valence-corrected chi connectivity index (χ4v) is 4.78. The van der Waals surface area contributed by atoms with Crippen LogP contribution in [0.4, 0.5) is 5.69 Å². The maximum atomic E-state index is 13.0. The molecule has 0 radical (unpaired) electrons. The minimum absolute atomic E-state index is 0.116. The van der Waals surface area contributed by atoms with Crippen LogP contribution in [-0.4, -0.2) is 60.7 Å². The van der Waals surface area contributed by atoms with Crippen molar-refractivity contribution in [3.63, 3.8) is 0 Å². The van der Waals surface area contributed by atoms with E-state index in [2.05, 4.69) is 15.5 Å². The smallest absolute Gasteiger partial charge is 0.262 e. The molecule has 4 amide bonds. The third kappa shape index (κ3) is 3.31. The Balaban J connectivity index is 1.60. The molecule has 8 heteroatoms. The molecule has 1 aliphatic carbocycles. The van der Waals surface area contributed by atoms with Crippen LogP contribution in [0.2, 0.25) is 0 Å². The van der Waals surface area contributed by atoms with Crippen LogP contribution < -0.4 is 15.5 Å². The molecule has 1 aromatic carbocycles. The third-order valence-electron chi connectivity index (χ3n) is 6.43. The Hall–Kier alpha value is -2.74. The number of rotatable bonds is 4. The highest BCUT2D eigenvalue weighted by Crippen LogP contribution is 2.32. The van der Waals surface area contributed by atoms with E-state index in [9.17, 15) is 19.2 Å². The SMILES string of the molecule is CN[C@H]1CCCC[C@H]1N(C)c1ccc2c(c1)C(=O)N(C1CCC(=O)NC1=O)C2=O. The summed E-state index contributed by atoms with van der Waals surface area (Å²) in [7, 11) is 3.99. The van der Waals surface area contributed by atoms with Gasteiger partial charge in [0.2, 0.25) is 11.8 Å². The lowest BCUT2D eigenvalue weighted by Crippen LogP contribution is -2.54. The van der Waals surface area contributed by atoms with Gasteiger partial charge in [0.1, 0.15) is 6.04 Å². The topological polar surface area (TPSA) is 98.8 Å². The van der Waals surface area contributed by atoms with Gasteiger partial charge in [-0.3, -0.25) is 29.4 Å². The molecule has 3 atom stereocenters. The number of carbonyl (C=O) groups is 4. The van der Waals surface area contributed by atoms with E-state index >= 15 is 0 Å². The number of hydrogen-bond acceptors (Lipinski definition) is 6. The summed E-state index contributed by atoms with van der Waals surface area (Å²) in [6.45, 7) is 0. The standard InChI is InChI=1S/C21H26N4O4/c1-22-15-5-3-4-6-16(15)24(2)12-7-8-13-14(11-12)21(29)25(20(13)28)17-9-10-18(26)23-19(17)27/h7-8,11,15-17,22H,3-6,9-10H2,1-2H3,(H,23,26,27)/t15-,16+,17?/m0/s1. The van der Waals surface area contributed by atoms with E-state index in [0.29, 0.717) is 23.2 Å². The Bertz CT molecular complexity index is 883. The second-order valence-electron chi connectivity index (χ2n) is 8.03. The fourth-order valence-electron chi connectivity index (χ4n) is 4.78. The van der Waals surface area contributed by atoms with Crippen molar-refractivity contribution in [3.05, 3.63) is 29.3 Å². The van der Waals surface area contributed by atoms with Crippen LogP contribution in [0.25, 0.3) is 0 Å². The van der Waals surface area contributed by atoms with Crippen molar-refractivity contribution >= 4 is 29.3 Å². The molecule has 8 nitrogen and oxygen atoms in total. The Kier molecular flexibility index (Phi) is 5.12. The number of piperidine rings is 1. The molecule has 1 aromatic rings. The lowest BCUT2D eigenvalue weighted by molar-refractivity contribution is -0.136. The summed E-state index contributed by atoms with van der Waals surface area (Å²) in [6, 6.07) is 5.03. The van der Waals surface area contributed by atoms with Gasteiger partial charge in [0.15, 0.2) is 0 Å². The normalized spacial score (nSPS) is 27.1. The van der Waals surface area contributed by atoms with Gasteiger partial charge in [0, 0.05) is 31.2 Å². The molecule has 2 N–H and O–H groups in total. The summed E-state index contributed by atoms with van der Waals surface area (Å²) >= 11 is 0. The predicted molar refractivity (Wildman–Crippen MR) is 107 cm³/mol. The number of benzene rings is 1. The zero-order chi connectivity index (χ0) is 20.7. The number of anilines is 1. The Morgan fingerprint density at radius 3 is 2.48 bits per heavy atom. The molecular weight excluding hydrogens is 372 g/mol. The van der Waals surface area contributed by atoms with Crippen LogP contribution in [-0.2, 0) is 9.59 Å². The number of likely N-dealkylation sites (N-methyl/N-ethyl adjacent to an activating group) is 2. The number of carbonyl (C=O) groups excluding carboxylic acids is 4. The van der Waals surface area contributed by atoms with E-state index in [-0.39, 0.29) is 18.7 Å². The zero-order valence-electron chi connectivity index (χ0n) is 16.7. The van der Waals surface area contributed by atoms with E-state index in [4.69, 9.17) is 0 Å². The van der Waals surface area contributed by atoms with E-state index in [1.54, 1.807) is 12.1 Å². The highest BCUT2D eigenvalue weighted by Gasteiger charge is 2.44. The number of nitrogens with one attached hydrogen (secondary N) is 2. The van der Waals surface area contributed by atoms with Crippen molar-refractivity contribution in [2.45, 2.75) is 56.7 Å². The molecule has 154 valence electrons. The zero-order valence-corrected chi connectivity index (χ0v) is 16.7. The predicted octanol–water partition coefficient (Wildman–Crippen LogP) is 1.05. The fraction of sp³-hybridized carbons (Fsp3) is 0.524. The van der Waals surface area contributed by atoms with Gasteiger partial charge < -0.3 is 10.2 Å². The monoisotopic (exact) mass is 398 g/mol. The van der Waals surface area contributed by atoms with Gasteiger partial charge in [-0.1, -0.05) is 12.8 Å². The van der Waals surface area contributed by atoms with E-state index in [1.165, 1.54) is 12.8 Å². The molecule has 2 fully saturated rings. The van der Waals surface area contributed by atoms with Crippen molar-refractivity contribution in [1.82, 2.24) is 15.5 Å². The van der Waals surface area contributed by atoms with Gasteiger partial charge in [-0.05, 0) is 44.5 Å². The van der Waals surface area contributed by atoms with Gasteiger partial charge in [0.05, 0.1) is 11.1 Å². The molecule has 1 unspecified atom stereocenters. The average molecular weight is 398 g/mol. The Labute approximate surface area is 169 Å². The maximum Gasteiger partial charge on any atom is 0.262 e.